The summed E-state index contributed by atoms with van der Waals surface area (Å²) in [5.41, 5.74) is 0.785. The lowest BCUT2D eigenvalue weighted by molar-refractivity contribution is 0.441. The predicted molar refractivity (Wildman–Crippen MR) is 58.0 cm³/mol. The maximum Gasteiger partial charge on any atom is 0.323 e. The Morgan fingerprint density at radius 1 is 1.00 bits per heavy atom. The van der Waals surface area contributed by atoms with Crippen LogP contribution >= 0.6 is 0 Å². The molecule has 0 aliphatic heterocycles. The van der Waals surface area contributed by atoms with Gasteiger partial charge < -0.3 is 4.74 Å². The summed E-state index contributed by atoms with van der Waals surface area (Å²) in [6.45, 7) is 0. The zero-order valence-electron chi connectivity index (χ0n) is 8.66. The van der Waals surface area contributed by atoms with Crippen molar-refractivity contribution in [2.24, 2.45) is 0 Å². The summed E-state index contributed by atoms with van der Waals surface area (Å²) in [6, 6.07) is 12.0. The molecular formula is C12H6N4O. The van der Waals surface area contributed by atoms with Crippen LogP contribution in [0, 0.1) is 22.7 Å². The number of aromatic nitrogens is 2. The molecule has 5 heteroatoms. The number of nitriles is 2. The lowest BCUT2D eigenvalue weighted by Crippen LogP contribution is -1.93. The molecule has 0 unspecified atom stereocenters. The highest BCUT2D eigenvalue weighted by Crippen LogP contribution is 2.17. The largest absolute Gasteiger partial charge is 0.424 e. The van der Waals surface area contributed by atoms with E-state index in [-0.39, 0.29) is 11.7 Å². The number of benzene rings is 1. The average Bonchev–Trinajstić information content (AvgIpc) is 2.40. The molecular weight excluding hydrogens is 216 g/mol. The number of nitrogens with zero attached hydrogens (tertiary/aromatic N) is 4. The van der Waals surface area contributed by atoms with Crippen LogP contribution in [0.15, 0.2) is 36.5 Å². The molecule has 5 nitrogen and oxygen atoms in total. The Morgan fingerprint density at radius 2 is 1.76 bits per heavy atom. The van der Waals surface area contributed by atoms with Crippen LogP contribution in [0.3, 0.4) is 0 Å². The van der Waals surface area contributed by atoms with Crippen molar-refractivity contribution in [1.29, 1.82) is 10.5 Å². The van der Waals surface area contributed by atoms with Crippen molar-refractivity contribution in [3.05, 3.63) is 47.8 Å². The summed E-state index contributed by atoms with van der Waals surface area (Å²) in [5, 5.41) is 17.3. The second-order valence-electron chi connectivity index (χ2n) is 3.07. The summed E-state index contributed by atoms with van der Waals surface area (Å²) >= 11 is 0. The quantitative estimate of drug-likeness (QED) is 0.776. The van der Waals surface area contributed by atoms with Crippen LogP contribution < -0.4 is 4.74 Å². The van der Waals surface area contributed by atoms with Crippen molar-refractivity contribution in [1.82, 2.24) is 9.97 Å². The molecule has 1 heterocycles. The highest BCUT2D eigenvalue weighted by Gasteiger charge is 2.01. The van der Waals surface area contributed by atoms with Gasteiger partial charge in [-0.3, -0.25) is 0 Å². The van der Waals surface area contributed by atoms with E-state index in [4.69, 9.17) is 15.3 Å². The lowest BCUT2D eigenvalue weighted by atomic mass is 10.2. The van der Waals surface area contributed by atoms with Gasteiger partial charge in [-0.25, -0.2) is 4.98 Å². The van der Waals surface area contributed by atoms with Crippen molar-refractivity contribution in [3.63, 3.8) is 0 Å². The minimum absolute atomic E-state index is 0.105. The van der Waals surface area contributed by atoms with Gasteiger partial charge in [0.1, 0.15) is 17.5 Å². The van der Waals surface area contributed by atoms with E-state index in [9.17, 15) is 0 Å². The molecule has 17 heavy (non-hydrogen) atoms. The van der Waals surface area contributed by atoms with E-state index in [0.717, 1.165) is 0 Å². The molecule has 0 amide bonds. The lowest BCUT2D eigenvalue weighted by Gasteiger charge is -2.02. The van der Waals surface area contributed by atoms with Crippen molar-refractivity contribution in [2.75, 3.05) is 0 Å². The Kier molecular flexibility index (Phi) is 2.95. The fourth-order valence-electron chi connectivity index (χ4n) is 1.16. The molecule has 2 rings (SSSR count). The molecule has 0 saturated carbocycles. The molecule has 0 aliphatic rings. The molecule has 0 saturated heterocycles. The second kappa shape index (κ2) is 4.73. The first-order valence-corrected chi connectivity index (χ1v) is 4.73. The van der Waals surface area contributed by atoms with E-state index < -0.39 is 0 Å². The maximum absolute atomic E-state index is 8.66. The zero-order chi connectivity index (χ0) is 12.1. The molecule has 2 aromatic rings. The van der Waals surface area contributed by atoms with E-state index >= 15 is 0 Å². The standard InChI is InChI=1S/C12H6N4O/c13-7-9-1-3-11(4-2-9)17-12-15-6-5-10(8-14)16-12/h1-6H. The molecule has 0 radical (unpaired) electrons. The van der Waals surface area contributed by atoms with Gasteiger partial charge in [0, 0.05) is 6.20 Å². The van der Waals surface area contributed by atoms with Crippen LogP contribution in [0.4, 0.5) is 0 Å². The molecule has 1 aromatic carbocycles. The molecule has 1 aromatic heterocycles. The van der Waals surface area contributed by atoms with Gasteiger partial charge in [-0.05, 0) is 30.3 Å². The first kappa shape index (κ1) is 10.6. The van der Waals surface area contributed by atoms with Crippen molar-refractivity contribution < 1.29 is 4.74 Å². The van der Waals surface area contributed by atoms with Crippen LogP contribution in [-0.4, -0.2) is 9.97 Å². The van der Waals surface area contributed by atoms with Crippen LogP contribution in [0.1, 0.15) is 11.3 Å². The molecule has 0 bridgehead atoms. The third-order valence-electron chi connectivity index (χ3n) is 1.94. The number of rotatable bonds is 2. The van der Waals surface area contributed by atoms with Gasteiger partial charge in [0.2, 0.25) is 0 Å². The summed E-state index contributed by atoms with van der Waals surface area (Å²) in [7, 11) is 0. The maximum atomic E-state index is 8.66. The second-order valence-corrected chi connectivity index (χ2v) is 3.07. The first-order chi connectivity index (χ1) is 8.31. The van der Waals surface area contributed by atoms with Gasteiger partial charge >= 0.3 is 6.01 Å². The molecule has 0 fully saturated rings. The van der Waals surface area contributed by atoms with Crippen LogP contribution in [-0.2, 0) is 0 Å². The Labute approximate surface area is 97.6 Å². The predicted octanol–water partition coefficient (Wildman–Crippen LogP) is 2.01. The van der Waals surface area contributed by atoms with Crippen LogP contribution in [0.25, 0.3) is 0 Å². The fraction of sp³-hybridized carbons (Fsp3) is 0. The Balaban J connectivity index is 2.20. The van der Waals surface area contributed by atoms with E-state index in [0.29, 0.717) is 11.3 Å². The van der Waals surface area contributed by atoms with Gasteiger partial charge in [-0.1, -0.05) is 0 Å². The normalized spacial score (nSPS) is 9.06. The van der Waals surface area contributed by atoms with Gasteiger partial charge in [-0.2, -0.15) is 15.5 Å². The number of ether oxygens (including phenoxy) is 1. The average molecular weight is 222 g/mol. The molecule has 80 valence electrons. The van der Waals surface area contributed by atoms with Crippen molar-refractivity contribution in [2.45, 2.75) is 0 Å². The summed E-state index contributed by atoms with van der Waals surface area (Å²) < 4.78 is 5.34. The highest BCUT2D eigenvalue weighted by atomic mass is 16.5. The fourth-order valence-corrected chi connectivity index (χ4v) is 1.16. The SMILES string of the molecule is N#Cc1ccc(Oc2nccc(C#N)n2)cc1. The van der Waals surface area contributed by atoms with E-state index in [2.05, 4.69) is 9.97 Å². The molecule has 0 spiro atoms. The number of hydrogen-bond acceptors (Lipinski definition) is 5. The van der Waals surface area contributed by atoms with Gasteiger partial charge in [0.05, 0.1) is 11.6 Å². The smallest absolute Gasteiger partial charge is 0.323 e. The Bertz CT molecular complexity index is 608. The number of hydrogen-bond donors (Lipinski definition) is 0. The minimum atomic E-state index is 0.105. The minimum Gasteiger partial charge on any atom is -0.424 e. The molecule has 0 aliphatic carbocycles. The van der Waals surface area contributed by atoms with Gasteiger partial charge in [0.15, 0.2) is 0 Å². The highest BCUT2D eigenvalue weighted by molar-refractivity contribution is 5.35. The third kappa shape index (κ3) is 2.55. The summed E-state index contributed by atoms with van der Waals surface area (Å²) in [4.78, 5) is 7.75. The first-order valence-electron chi connectivity index (χ1n) is 4.73. The summed E-state index contributed by atoms with van der Waals surface area (Å²) in [6.07, 6.45) is 1.45. The Hall–Kier alpha value is -2.92. The van der Waals surface area contributed by atoms with Gasteiger partial charge in [-0.15, -0.1) is 0 Å². The Morgan fingerprint density at radius 3 is 2.41 bits per heavy atom. The van der Waals surface area contributed by atoms with E-state index in [1.54, 1.807) is 24.3 Å². The molecule has 0 N–H and O–H groups in total. The van der Waals surface area contributed by atoms with Crippen molar-refractivity contribution in [3.8, 4) is 23.9 Å². The van der Waals surface area contributed by atoms with Gasteiger partial charge in [0.25, 0.3) is 0 Å². The van der Waals surface area contributed by atoms with E-state index in [1.807, 2.05) is 12.1 Å². The monoisotopic (exact) mass is 222 g/mol. The van der Waals surface area contributed by atoms with Crippen LogP contribution in [0.5, 0.6) is 11.8 Å². The summed E-state index contributed by atoms with van der Waals surface area (Å²) in [5.74, 6) is 0.513. The zero-order valence-corrected chi connectivity index (χ0v) is 8.66. The third-order valence-corrected chi connectivity index (χ3v) is 1.94. The van der Waals surface area contributed by atoms with Crippen LogP contribution in [0.2, 0.25) is 0 Å². The van der Waals surface area contributed by atoms with E-state index in [1.165, 1.54) is 12.3 Å². The van der Waals surface area contributed by atoms with Crippen molar-refractivity contribution >= 4 is 0 Å². The topological polar surface area (TPSA) is 82.6 Å². The molecule has 0 atom stereocenters.